The molecule has 0 saturated carbocycles. The molecule has 0 radical (unpaired) electrons. The largest absolute Gasteiger partial charge is 0.467 e. The molecule has 2 aromatic carbocycles. The first-order valence-corrected chi connectivity index (χ1v) is 10.5. The van der Waals surface area contributed by atoms with E-state index in [1.807, 2.05) is 66.7 Å². The first-order valence-electron chi connectivity index (χ1n) is 8.84. The van der Waals surface area contributed by atoms with Crippen molar-refractivity contribution in [3.63, 3.8) is 0 Å². The first kappa shape index (κ1) is 19.4. The van der Waals surface area contributed by atoms with Gasteiger partial charge in [-0.3, -0.25) is 9.69 Å². The molecule has 1 aliphatic heterocycles. The molecule has 5 nitrogen and oxygen atoms in total. The molecule has 2 heterocycles. The second-order valence-corrected chi connectivity index (χ2v) is 8.10. The van der Waals surface area contributed by atoms with E-state index in [2.05, 4.69) is 26.1 Å². The summed E-state index contributed by atoms with van der Waals surface area (Å²) in [7, 11) is 0. The molecule has 7 heteroatoms. The molecule has 0 unspecified atom stereocenters. The predicted molar refractivity (Wildman–Crippen MR) is 120 cm³/mol. The van der Waals surface area contributed by atoms with Gasteiger partial charge < -0.3 is 4.42 Å². The van der Waals surface area contributed by atoms with Crippen molar-refractivity contribution < 1.29 is 9.21 Å². The molecule has 1 aliphatic rings. The smallest absolute Gasteiger partial charge is 0.267 e. The van der Waals surface area contributed by atoms with Crippen LogP contribution in [-0.2, 0) is 11.3 Å². The normalized spacial score (nSPS) is 17.1. The molecule has 0 atom stereocenters. The monoisotopic (exact) mass is 465 g/mol. The molecule has 1 fully saturated rings. The van der Waals surface area contributed by atoms with Gasteiger partial charge in [0.25, 0.3) is 5.91 Å². The van der Waals surface area contributed by atoms with Crippen LogP contribution in [0.5, 0.6) is 0 Å². The Balaban J connectivity index is 1.62. The van der Waals surface area contributed by atoms with Crippen LogP contribution in [0, 0.1) is 0 Å². The van der Waals surface area contributed by atoms with Crippen LogP contribution in [-0.4, -0.2) is 22.2 Å². The third-order valence-electron chi connectivity index (χ3n) is 4.08. The highest BCUT2D eigenvalue weighted by atomic mass is 79.9. The van der Waals surface area contributed by atoms with Crippen molar-refractivity contribution >= 4 is 51.1 Å². The second-order valence-electron chi connectivity index (χ2n) is 6.17. The lowest BCUT2D eigenvalue weighted by atomic mass is 10.2. The van der Waals surface area contributed by atoms with Crippen molar-refractivity contribution in [3.8, 4) is 0 Å². The van der Waals surface area contributed by atoms with Crippen molar-refractivity contribution in [2.75, 3.05) is 0 Å². The molecule has 144 valence electrons. The number of hydrogen-bond acceptors (Lipinski definition) is 5. The van der Waals surface area contributed by atoms with Crippen LogP contribution in [0.15, 0.2) is 97.0 Å². The fourth-order valence-electron chi connectivity index (χ4n) is 2.71. The van der Waals surface area contributed by atoms with Crippen molar-refractivity contribution in [2.24, 2.45) is 10.2 Å². The quantitative estimate of drug-likeness (QED) is 0.282. The van der Waals surface area contributed by atoms with Gasteiger partial charge in [0.15, 0.2) is 5.17 Å². The number of benzene rings is 2. The number of halogens is 1. The summed E-state index contributed by atoms with van der Waals surface area (Å²) in [5.41, 5.74) is 1.87. The number of nitrogens with zero attached hydrogens (tertiary/aromatic N) is 3. The molecular weight excluding hydrogens is 450 g/mol. The zero-order chi connectivity index (χ0) is 20.1. The van der Waals surface area contributed by atoms with Gasteiger partial charge in [-0.25, -0.2) is 0 Å². The summed E-state index contributed by atoms with van der Waals surface area (Å²) in [6.07, 6.45) is 5.11. The fraction of sp³-hybridized carbons (Fsp3) is 0.0455. The minimum absolute atomic E-state index is 0.125. The van der Waals surface area contributed by atoms with E-state index in [0.717, 1.165) is 15.6 Å². The van der Waals surface area contributed by atoms with Crippen LogP contribution in [0.1, 0.15) is 16.9 Å². The van der Waals surface area contributed by atoms with Crippen molar-refractivity contribution in [1.82, 2.24) is 4.90 Å². The molecular formula is C22H16BrN3O2S. The number of amides is 1. The van der Waals surface area contributed by atoms with Gasteiger partial charge in [-0.2, -0.15) is 5.10 Å². The van der Waals surface area contributed by atoms with Crippen molar-refractivity contribution in [2.45, 2.75) is 6.54 Å². The average molecular weight is 466 g/mol. The molecule has 0 aliphatic carbocycles. The number of thioether (sulfide) groups is 1. The van der Waals surface area contributed by atoms with Crippen LogP contribution in [0.3, 0.4) is 0 Å². The number of rotatable bonds is 5. The Labute approximate surface area is 181 Å². The molecule has 4 rings (SSSR count). The maximum Gasteiger partial charge on any atom is 0.267 e. The Morgan fingerprint density at radius 1 is 1.03 bits per heavy atom. The van der Waals surface area contributed by atoms with E-state index in [1.54, 1.807) is 23.4 Å². The number of amidine groups is 1. The van der Waals surface area contributed by atoms with Gasteiger partial charge in [-0.05, 0) is 53.2 Å². The van der Waals surface area contributed by atoms with Gasteiger partial charge in [-0.15, -0.1) is 5.10 Å². The van der Waals surface area contributed by atoms with Crippen molar-refractivity contribution in [1.29, 1.82) is 0 Å². The lowest BCUT2D eigenvalue weighted by molar-refractivity contribution is -0.122. The van der Waals surface area contributed by atoms with Crippen LogP contribution in [0.2, 0.25) is 0 Å². The highest BCUT2D eigenvalue weighted by molar-refractivity contribution is 9.10. The minimum atomic E-state index is -0.125. The van der Waals surface area contributed by atoms with Gasteiger partial charge in [0.2, 0.25) is 0 Å². The van der Waals surface area contributed by atoms with E-state index in [9.17, 15) is 4.79 Å². The molecule has 0 N–H and O–H groups in total. The lowest BCUT2D eigenvalue weighted by Gasteiger charge is -2.12. The summed E-state index contributed by atoms with van der Waals surface area (Å²) in [4.78, 5) is 15.2. The zero-order valence-corrected chi connectivity index (χ0v) is 17.6. The van der Waals surface area contributed by atoms with Crippen LogP contribution in [0.4, 0.5) is 0 Å². The number of carbonyl (C=O) groups is 1. The van der Waals surface area contributed by atoms with Gasteiger partial charge in [0, 0.05) is 4.47 Å². The summed E-state index contributed by atoms with van der Waals surface area (Å²) in [5, 5.41) is 8.99. The van der Waals surface area contributed by atoms with E-state index in [1.165, 1.54) is 11.8 Å². The van der Waals surface area contributed by atoms with E-state index in [4.69, 9.17) is 4.42 Å². The average Bonchev–Trinajstić information content (AvgIpc) is 3.33. The molecule has 0 spiro atoms. The Hall–Kier alpha value is -2.90. The lowest BCUT2D eigenvalue weighted by Crippen LogP contribution is -2.28. The minimum Gasteiger partial charge on any atom is -0.467 e. The maximum absolute atomic E-state index is 13.0. The second kappa shape index (κ2) is 9.07. The zero-order valence-electron chi connectivity index (χ0n) is 15.2. The molecule has 1 amide bonds. The van der Waals surface area contributed by atoms with E-state index in [-0.39, 0.29) is 5.91 Å². The Morgan fingerprint density at radius 3 is 2.62 bits per heavy atom. The summed E-state index contributed by atoms with van der Waals surface area (Å²) in [5.74, 6) is 0.558. The van der Waals surface area contributed by atoms with E-state index >= 15 is 0 Å². The number of furan rings is 1. The van der Waals surface area contributed by atoms with E-state index in [0.29, 0.717) is 22.4 Å². The maximum atomic E-state index is 13.0. The Kier molecular flexibility index (Phi) is 6.07. The molecule has 29 heavy (non-hydrogen) atoms. The fourth-order valence-corrected chi connectivity index (χ4v) is 4.06. The summed E-state index contributed by atoms with van der Waals surface area (Å²) >= 11 is 4.76. The van der Waals surface area contributed by atoms with Crippen LogP contribution in [0.25, 0.3) is 6.08 Å². The first-order chi connectivity index (χ1) is 14.2. The third kappa shape index (κ3) is 4.93. The van der Waals surface area contributed by atoms with Crippen LogP contribution < -0.4 is 0 Å². The van der Waals surface area contributed by atoms with Gasteiger partial charge in [0.05, 0.1) is 23.9 Å². The van der Waals surface area contributed by atoms with Gasteiger partial charge >= 0.3 is 0 Å². The SMILES string of the molecule is O=C1/C(=C/c2cccc(Br)c2)S/C(=N/N=C\c2ccccc2)N1Cc1ccco1. The summed E-state index contributed by atoms with van der Waals surface area (Å²) in [6, 6.07) is 21.1. The molecule has 1 saturated heterocycles. The van der Waals surface area contributed by atoms with Crippen molar-refractivity contribution in [3.05, 3.63) is 99.3 Å². The van der Waals surface area contributed by atoms with Gasteiger partial charge in [0.1, 0.15) is 5.76 Å². The molecule has 1 aromatic heterocycles. The molecule has 3 aromatic rings. The third-order valence-corrected chi connectivity index (χ3v) is 5.57. The summed E-state index contributed by atoms with van der Waals surface area (Å²) in [6.45, 7) is 0.300. The Bertz CT molecular complexity index is 1090. The number of carbonyl (C=O) groups excluding carboxylic acids is 1. The highest BCUT2D eigenvalue weighted by Crippen LogP contribution is 2.34. The number of hydrogen-bond donors (Lipinski definition) is 0. The van der Waals surface area contributed by atoms with Gasteiger partial charge in [-0.1, -0.05) is 58.4 Å². The van der Waals surface area contributed by atoms with Crippen LogP contribution >= 0.6 is 27.7 Å². The Morgan fingerprint density at radius 2 is 1.86 bits per heavy atom. The highest BCUT2D eigenvalue weighted by Gasteiger charge is 2.34. The predicted octanol–water partition coefficient (Wildman–Crippen LogP) is 5.55. The topological polar surface area (TPSA) is 58.2 Å². The van der Waals surface area contributed by atoms with E-state index < -0.39 is 0 Å². The molecule has 0 bridgehead atoms. The standard InChI is InChI=1S/C22H16BrN3O2S/c23-18-9-4-8-17(12-18)13-20-21(27)26(15-19-10-5-11-28-19)22(29-20)25-24-14-16-6-2-1-3-7-16/h1-14H,15H2/b20-13-,24-14-,25-22+. The summed E-state index contributed by atoms with van der Waals surface area (Å²) < 4.78 is 6.37.